The molecule has 4 heteroatoms. The molecule has 1 saturated heterocycles. The van der Waals surface area contributed by atoms with E-state index in [9.17, 15) is 0 Å². The van der Waals surface area contributed by atoms with Crippen molar-refractivity contribution in [1.29, 1.82) is 0 Å². The molecule has 0 spiro atoms. The summed E-state index contributed by atoms with van der Waals surface area (Å²) in [5.41, 5.74) is 0. The molecule has 0 radical (unpaired) electrons. The van der Waals surface area contributed by atoms with Gasteiger partial charge in [0.05, 0.1) is 6.10 Å². The van der Waals surface area contributed by atoms with Crippen LogP contribution in [0.4, 0.5) is 0 Å². The minimum absolute atomic E-state index is 0.429. The maximum absolute atomic E-state index is 5.54. The molecule has 1 aliphatic rings. The Morgan fingerprint density at radius 3 is 3.14 bits per heavy atom. The maximum Gasteiger partial charge on any atom is 0.0666 e. The fourth-order valence-electron chi connectivity index (χ4n) is 1.54. The standard InChI is InChI=1S/C10H13BrOS2/c1-7-9(2-4-12-7)14-6-10-8(11)3-5-13-10/h3,5,7,9H,2,4,6H2,1H3. The Hall–Kier alpha value is 0.490. The normalized spacial score (nSPS) is 27.0. The van der Waals surface area contributed by atoms with Crippen LogP contribution in [-0.4, -0.2) is 18.0 Å². The molecule has 0 saturated carbocycles. The zero-order chi connectivity index (χ0) is 9.97. The second-order valence-corrected chi connectivity index (χ2v) is 6.49. The van der Waals surface area contributed by atoms with Crippen LogP contribution in [0.5, 0.6) is 0 Å². The highest BCUT2D eigenvalue weighted by atomic mass is 79.9. The Labute approximate surface area is 101 Å². The molecule has 2 atom stereocenters. The minimum atomic E-state index is 0.429. The Kier molecular flexibility index (Phi) is 3.93. The molecule has 0 aromatic carbocycles. The van der Waals surface area contributed by atoms with Crippen molar-refractivity contribution in [1.82, 2.24) is 0 Å². The van der Waals surface area contributed by atoms with E-state index in [4.69, 9.17) is 4.74 Å². The first-order valence-corrected chi connectivity index (χ1v) is 7.44. The second kappa shape index (κ2) is 5.01. The van der Waals surface area contributed by atoms with Crippen molar-refractivity contribution in [2.45, 2.75) is 30.5 Å². The molecular formula is C10H13BrOS2. The molecule has 2 rings (SSSR count). The van der Waals surface area contributed by atoms with Crippen LogP contribution < -0.4 is 0 Å². The number of hydrogen-bond donors (Lipinski definition) is 0. The van der Waals surface area contributed by atoms with E-state index in [-0.39, 0.29) is 0 Å². The molecule has 0 N–H and O–H groups in total. The maximum atomic E-state index is 5.54. The van der Waals surface area contributed by atoms with E-state index in [2.05, 4.69) is 34.3 Å². The van der Waals surface area contributed by atoms with Gasteiger partial charge in [0.15, 0.2) is 0 Å². The van der Waals surface area contributed by atoms with Gasteiger partial charge in [0.25, 0.3) is 0 Å². The van der Waals surface area contributed by atoms with Gasteiger partial charge < -0.3 is 4.74 Å². The lowest BCUT2D eigenvalue weighted by Crippen LogP contribution is -2.13. The van der Waals surface area contributed by atoms with Crippen molar-refractivity contribution in [2.24, 2.45) is 0 Å². The van der Waals surface area contributed by atoms with Crippen LogP contribution in [0.2, 0.25) is 0 Å². The molecule has 0 bridgehead atoms. The van der Waals surface area contributed by atoms with Crippen LogP contribution in [0, 0.1) is 0 Å². The number of hydrogen-bond acceptors (Lipinski definition) is 3. The Balaban J connectivity index is 1.85. The van der Waals surface area contributed by atoms with Gasteiger partial charge in [-0.15, -0.1) is 11.3 Å². The average Bonchev–Trinajstić information content (AvgIpc) is 2.72. The van der Waals surface area contributed by atoms with Gasteiger partial charge in [-0.2, -0.15) is 11.8 Å². The zero-order valence-electron chi connectivity index (χ0n) is 8.03. The molecule has 0 amide bonds. The molecule has 2 unspecified atom stereocenters. The first-order chi connectivity index (χ1) is 6.77. The molecule has 2 heterocycles. The van der Waals surface area contributed by atoms with Crippen LogP contribution in [0.15, 0.2) is 15.9 Å². The number of ether oxygens (including phenoxy) is 1. The summed E-state index contributed by atoms with van der Waals surface area (Å²) in [6, 6.07) is 2.12. The fourth-order valence-corrected chi connectivity index (χ4v) is 4.61. The van der Waals surface area contributed by atoms with E-state index in [0.717, 1.165) is 12.4 Å². The first-order valence-electron chi connectivity index (χ1n) is 4.72. The third-order valence-corrected chi connectivity index (χ3v) is 6.04. The molecule has 1 nitrogen and oxygen atoms in total. The lowest BCUT2D eigenvalue weighted by atomic mass is 10.3. The van der Waals surface area contributed by atoms with Crippen LogP contribution in [0.25, 0.3) is 0 Å². The summed E-state index contributed by atoms with van der Waals surface area (Å²) >= 11 is 7.40. The van der Waals surface area contributed by atoms with Gasteiger partial charge in [-0.05, 0) is 40.7 Å². The molecule has 1 aromatic rings. The summed E-state index contributed by atoms with van der Waals surface area (Å²) in [4.78, 5) is 1.44. The number of halogens is 1. The molecule has 78 valence electrons. The van der Waals surface area contributed by atoms with Gasteiger partial charge in [0, 0.05) is 27.0 Å². The van der Waals surface area contributed by atoms with Gasteiger partial charge in [-0.1, -0.05) is 0 Å². The third kappa shape index (κ3) is 2.54. The summed E-state index contributed by atoms with van der Waals surface area (Å²) < 4.78 is 6.79. The Bertz CT molecular complexity index is 300. The van der Waals surface area contributed by atoms with E-state index in [0.29, 0.717) is 11.4 Å². The monoisotopic (exact) mass is 292 g/mol. The van der Waals surface area contributed by atoms with Crippen LogP contribution in [-0.2, 0) is 10.5 Å². The van der Waals surface area contributed by atoms with E-state index >= 15 is 0 Å². The van der Waals surface area contributed by atoms with Crippen molar-refractivity contribution in [3.05, 3.63) is 20.8 Å². The summed E-state index contributed by atoms with van der Waals surface area (Å²) in [5, 5.41) is 2.82. The van der Waals surface area contributed by atoms with Gasteiger partial charge in [-0.25, -0.2) is 0 Å². The first kappa shape index (κ1) is 11.0. The average molecular weight is 293 g/mol. The predicted octanol–water partition coefficient (Wildman–Crippen LogP) is 3.92. The predicted molar refractivity (Wildman–Crippen MR) is 67.1 cm³/mol. The van der Waals surface area contributed by atoms with Crippen molar-refractivity contribution < 1.29 is 4.74 Å². The lowest BCUT2D eigenvalue weighted by molar-refractivity contribution is 0.127. The topological polar surface area (TPSA) is 9.23 Å². The largest absolute Gasteiger partial charge is 0.377 e. The SMILES string of the molecule is CC1OCCC1SCc1sccc1Br. The minimum Gasteiger partial charge on any atom is -0.377 e. The van der Waals surface area contributed by atoms with E-state index < -0.39 is 0 Å². The van der Waals surface area contributed by atoms with E-state index in [1.165, 1.54) is 15.8 Å². The lowest BCUT2D eigenvalue weighted by Gasteiger charge is -2.12. The molecule has 1 fully saturated rings. The summed E-state index contributed by atoms with van der Waals surface area (Å²) in [5.74, 6) is 1.11. The second-order valence-electron chi connectivity index (χ2n) is 3.41. The highest BCUT2D eigenvalue weighted by molar-refractivity contribution is 9.10. The quantitative estimate of drug-likeness (QED) is 0.835. The van der Waals surface area contributed by atoms with E-state index in [1.807, 2.05) is 23.1 Å². The van der Waals surface area contributed by atoms with Gasteiger partial charge >= 0.3 is 0 Å². The molecular weight excluding hydrogens is 280 g/mol. The Morgan fingerprint density at radius 2 is 2.57 bits per heavy atom. The molecule has 1 aliphatic heterocycles. The highest BCUT2D eigenvalue weighted by Crippen LogP contribution is 2.33. The Morgan fingerprint density at radius 1 is 1.71 bits per heavy atom. The summed E-state index contributed by atoms with van der Waals surface area (Å²) in [6.07, 6.45) is 1.63. The molecule has 1 aromatic heterocycles. The van der Waals surface area contributed by atoms with Gasteiger partial charge in [0.1, 0.15) is 0 Å². The van der Waals surface area contributed by atoms with Crippen LogP contribution >= 0.6 is 39.0 Å². The van der Waals surface area contributed by atoms with Gasteiger partial charge in [0.2, 0.25) is 0 Å². The van der Waals surface area contributed by atoms with Crippen LogP contribution in [0.1, 0.15) is 18.2 Å². The van der Waals surface area contributed by atoms with Crippen molar-refractivity contribution in [3.8, 4) is 0 Å². The summed E-state index contributed by atoms with van der Waals surface area (Å²) in [6.45, 7) is 3.11. The van der Waals surface area contributed by atoms with Crippen molar-refractivity contribution >= 4 is 39.0 Å². The summed E-state index contributed by atoms with van der Waals surface area (Å²) in [7, 11) is 0. The van der Waals surface area contributed by atoms with Gasteiger partial charge in [-0.3, -0.25) is 0 Å². The van der Waals surface area contributed by atoms with Crippen LogP contribution in [0.3, 0.4) is 0 Å². The number of thioether (sulfide) groups is 1. The smallest absolute Gasteiger partial charge is 0.0666 e. The number of rotatable bonds is 3. The van der Waals surface area contributed by atoms with E-state index in [1.54, 1.807) is 0 Å². The number of thiophene rings is 1. The fraction of sp³-hybridized carbons (Fsp3) is 0.600. The zero-order valence-corrected chi connectivity index (χ0v) is 11.3. The molecule has 0 aliphatic carbocycles. The highest BCUT2D eigenvalue weighted by Gasteiger charge is 2.24. The van der Waals surface area contributed by atoms with Crippen molar-refractivity contribution in [2.75, 3.05) is 6.61 Å². The third-order valence-electron chi connectivity index (χ3n) is 2.43. The van der Waals surface area contributed by atoms with Crippen molar-refractivity contribution in [3.63, 3.8) is 0 Å². The molecule has 14 heavy (non-hydrogen) atoms.